The van der Waals surface area contributed by atoms with Crippen LogP contribution in [0.5, 0.6) is 0 Å². The van der Waals surface area contributed by atoms with Crippen LogP contribution in [-0.4, -0.2) is 57.2 Å². The van der Waals surface area contributed by atoms with Gasteiger partial charge in [-0.15, -0.1) is 0 Å². The molecule has 1 aromatic heterocycles. The predicted octanol–water partition coefficient (Wildman–Crippen LogP) is -0.332. The number of sulfonamides is 1. The Balaban J connectivity index is 2.77. The van der Waals surface area contributed by atoms with Crippen molar-refractivity contribution in [1.82, 2.24) is 25.1 Å². The number of H-pyrrole nitrogens is 1. The molecule has 0 radical (unpaired) electrons. The summed E-state index contributed by atoms with van der Waals surface area (Å²) in [6.07, 6.45) is 0. The molecule has 8 heteroatoms. The summed E-state index contributed by atoms with van der Waals surface area (Å²) in [4.78, 5) is 2.03. The molecule has 0 spiro atoms. The van der Waals surface area contributed by atoms with Crippen LogP contribution in [-0.2, 0) is 16.6 Å². The summed E-state index contributed by atoms with van der Waals surface area (Å²) >= 11 is 0. The number of rotatable bonds is 8. The molecule has 3 N–H and O–H groups in total. The highest BCUT2D eigenvalue weighted by Gasteiger charge is 2.22. The first-order valence-electron chi connectivity index (χ1n) is 6.29. The molecule has 0 bridgehead atoms. The zero-order valence-corrected chi connectivity index (χ0v) is 12.8. The molecule has 0 fully saturated rings. The van der Waals surface area contributed by atoms with Gasteiger partial charge in [-0.1, -0.05) is 6.92 Å². The molecule has 0 saturated heterocycles. The van der Waals surface area contributed by atoms with Gasteiger partial charge in [0, 0.05) is 30.9 Å². The fourth-order valence-corrected chi connectivity index (χ4v) is 2.85. The third-order valence-electron chi connectivity index (χ3n) is 2.97. The Kier molecular flexibility index (Phi) is 5.92. The number of nitrogens with zero attached hydrogens (tertiary/aromatic N) is 2. The zero-order chi connectivity index (χ0) is 14.5. The van der Waals surface area contributed by atoms with E-state index in [1.165, 1.54) is 0 Å². The fourth-order valence-electron chi connectivity index (χ4n) is 1.63. The maximum Gasteiger partial charge on any atom is 0.260 e. The van der Waals surface area contributed by atoms with E-state index >= 15 is 0 Å². The first-order chi connectivity index (χ1) is 8.92. The van der Waals surface area contributed by atoms with Gasteiger partial charge in [0.25, 0.3) is 10.0 Å². The van der Waals surface area contributed by atoms with Crippen molar-refractivity contribution in [3.63, 3.8) is 0 Å². The van der Waals surface area contributed by atoms with Crippen LogP contribution in [0.2, 0.25) is 0 Å². The maximum absolute atomic E-state index is 12.2. The van der Waals surface area contributed by atoms with Crippen molar-refractivity contribution in [1.29, 1.82) is 0 Å². The standard InChI is InChI=1S/C11H23N5O2S/c1-5-16(4)7-6-13-19(17,18)11-10(8-12-3)9(2)14-15-11/h12-13H,5-8H2,1-4H3,(H,14,15). The minimum Gasteiger partial charge on any atom is -0.316 e. The van der Waals surface area contributed by atoms with Gasteiger partial charge in [-0.05, 0) is 27.6 Å². The van der Waals surface area contributed by atoms with Crippen molar-refractivity contribution in [3.8, 4) is 0 Å². The van der Waals surface area contributed by atoms with E-state index in [1.54, 1.807) is 7.05 Å². The molecule has 0 aliphatic heterocycles. The Morgan fingerprint density at radius 3 is 2.68 bits per heavy atom. The third kappa shape index (κ3) is 4.27. The molecule has 0 atom stereocenters. The van der Waals surface area contributed by atoms with E-state index in [-0.39, 0.29) is 5.03 Å². The Labute approximate surface area is 114 Å². The SMILES string of the molecule is CCN(C)CCNS(=O)(=O)c1n[nH]c(C)c1CNC. The maximum atomic E-state index is 12.2. The van der Waals surface area contributed by atoms with E-state index in [4.69, 9.17) is 0 Å². The third-order valence-corrected chi connectivity index (χ3v) is 4.40. The van der Waals surface area contributed by atoms with Crippen molar-refractivity contribution in [2.45, 2.75) is 25.4 Å². The highest BCUT2D eigenvalue weighted by Crippen LogP contribution is 2.15. The summed E-state index contributed by atoms with van der Waals surface area (Å²) in [6, 6.07) is 0. The highest BCUT2D eigenvalue weighted by molar-refractivity contribution is 7.89. The van der Waals surface area contributed by atoms with Crippen molar-refractivity contribution in [2.24, 2.45) is 0 Å². The number of hydrogen-bond donors (Lipinski definition) is 3. The second-order valence-corrected chi connectivity index (χ2v) is 6.14. The lowest BCUT2D eigenvalue weighted by Gasteiger charge is -2.14. The molecular formula is C11H23N5O2S. The molecule has 0 aliphatic rings. The number of hydrogen-bond acceptors (Lipinski definition) is 5. The molecule has 7 nitrogen and oxygen atoms in total. The first kappa shape index (κ1) is 16.1. The molecule has 1 aromatic rings. The van der Waals surface area contributed by atoms with Gasteiger partial charge in [-0.2, -0.15) is 5.10 Å². The van der Waals surface area contributed by atoms with Crippen LogP contribution in [0.25, 0.3) is 0 Å². The smallest absolute Gasteiger partial charge is 0.260 e. The van der Waals surface area contributed by atoms with Crippen molar-refractivity contribution in [2.75, 3.05) is 33.7 Å². The minimum absolute atomic E-state index is 0.0819. The Bertz CT molecular complexity index is 497. The second kappa shape index (κ2) is 6.99. The monoisotopic (exact) mass is 289 g/mol. The zero-order valence-electron chi connectivity index (χ0n) is 11.9. The number of aryl methyl sites for hydroxylation is 1. The van der Waals surface area contributed by atoms with Crippen LogP contribution < -0.4 is 10.0 Å². The van der Waals surface area contributed by atoms with Crippen LogP contribution in [0.4, 0.5) is 0 Å². The quantitative estimate of drug-likeness (QED) is 0.609. The molecule has 19 heavy (non-hydrogen) atoms. The van der Waals surface area contributed by atoms with Gasteiger partial charge < -0.3 is 10.2 Å². The van der Waals surface area contributed by atoms with Crippen molar-refractivity contribution < 1.29 is 8.42 Å². The lowest BCUT2D eigenvalue weighted by atomic mass is 10.3. The van der Waals surface area contributed by atoms with Crippen LogP contribution in [0.3, 0.4) is 0 Å². The number of aromatic nitrogens is 2. The van der Waals surface area contributed by atoms with Gasteiger partial charge in [0.05, 0.1) is 0 Å². The van der Waals surface area contributed by atoms with Gasteiger partial charge in [-0.3, -0.25) is 5.10 Å². The summed E-state index contributed by atoms with van der Waals surface area (Å²) in [7, 11) is 0.159. The van der Waals surface area contributed by atoms with E-state index in [0.717, 1.165) is 12.2 Å². The summed E-state index contributed by atoms with van der Waals surface area (Å²) in [5, 5.41) is 9.64. The van der Waals surface area contributed by atoms with E-state index in [9.17, 15) is 8.42 Å². The molecule has 110 valence electrons. The van der Waals surface area contributed by atoms with Crippen molar-refractivity contribution in [3.05, 3.63) is 11.3 Å². The lowest BCUT2D eigenvalue weighted by molar-refractivity contribution is 0.358. The van der Waals surface area contributed by atoms with Crippen LogP contribution in [0.1, 0.15) is 18.2 Å². The Morgan fingerprint density at radius 1 is 1.42 bits per heavy atom. The fraction of sp³-hybridized carbons (Fsp3) is 0.727. The molecular weight excluding hydrogens is 266 g/mol. The van der Waals surface area contributed by atoms with Gasteiger partial charge in [0.1, 0.15) is 0 Å². The summed E-state index contributed by atoms with van der Waals surface area (Å²) in [6.45, 7) is 6.22. The van der Waals surface area contributed by atoms with Crippen LogP contribution >= 0.6 is 0 Å². The Morgan fingerprint density at radius 2 is 2.11 bits per heavy atom. The Hall–Kier alpha value is -0.960. The molecule has 0 saturated carbocycles. The largest absolute Gasteiger partial charge is 0.316 e. The summed E-state index contributed by atoms with van der Waals surface area (Å²) in [5.41, 5.74) is 1.44. The van der Waals surface area contributed by atoms with Gasteiger partial charge in [0.2, 0.25) is 0 Å². The number of likely N-dealkylation sites (N-methyl/N-ethyl adjacent to an activating group) is 1. The molecule has 0 aliphatic carbocycles. The molecule has 0 aromatic carbocycles. The number of nitrogens with one attached hydrogen (secondary N) is 3. The summed E-state index contributed by atoms with van der Waals surface area (Å²) in [5.74, 6) is 0. The van der Waals surface area contributed by atoms with E-state index in [2.05, 4.69) is 20.2 Å². The topological polar surface area (TPSA) is 90.1 Å². The average Bonchev–Trinajstić information content (AvgIpc) is 2.72. The molecule has 1 heterocycles. The van der Waals surface area contributed by atoms with Crippen molar-refractivity contribution >= 4 is 10.0 Å². The second-order valence-electron chi connectivity index (χ2n) is 4.46. The van der Waals surface area contributed by atoms with Gasteiger partial charge in [0.15, 0.2) is 5.03 Å². The molecule has 1 rings (SSSR count). The first-order valence-corrected chi connectivity index (χ1v) is 7.77. The van der Waals surface area contributed by atoms with Crippen LogP contribution in [0, 0.1) is 6.92 Å². The van der Waals surface area contributed by atoms with E-state index in [0.29, 0.717) is 25.2 Å². The predicted molar refractivity (Wildman–Crippen MR) is 74.4 cm³/mol. The highest BCUT2D eigenvalue weighted by atomic mass is 32.2. The minimum atomic E-state index is -3.56. The van der Waals surface area contributed by atoms with E-state index in [1.807, 2.05) is 25.8 Å². The van der Waals surface area contributed by atoms with E-state index < -0.39 is 10.0 Å². The molecule has 0 unspecified atom stereocenters. The number of aromatic amines is 1. The van der Waals surface area contributed by atoms with Gasteiger partial charge >= 0.3 is 0 Å². The van der Waals surface area contributed by atoms with Crippen LogP contribution in [0.15, 0.2) is 5.03 Å². The van der Waals surface area contributed by atoms with Gasteiger partial charge in [-0.25, -0.2) is 13.1 Å². The molecule has 0 amide bonds. The normalized spacial score (nSPS) is 12.3. The average molecular weight is 289 g/mol. The lowest BCUT2D eigenvalue weighted by Crippen LogP contribution is -2.33. The summed E-state index contributed by atoms with van der Waals surface area (Å²) < 4.78 is 26.9.